The molecule has 2 rings (SSSR count). The lowest BCUT2D eigenvalue weighted by Gasteiger charge is -2.10. The molecule has 0 radical (unpaired) electrons. The second kappa shape index (κ2) is 7.72. The lowest BCUT2D eigenvalue weighted by molar-refractivity contribution is 0.299. The summed E-state index contributed by atoms with van der Waals surface area (Å²) in [6, 6.07) is 11.7. The minimum absolute atomic E-state index is 0.0130. The number of benzene rings is 2. The number of nitrogens with two attached hydrogens (primary N) is 1. The Morgan fingerprint density at radius 1 is 1.32 bits per heavy atom. The van der Waals surface area contributed by atoms with Gasteiger partial charge in [-0.05, 0) is 36.5 Å². The van der Waals surface area contributed by atoms with E-state index in [2.05, 4.69) is 22.7 Å². The van der Waals surface area contributed by atoms with Gasteiger partial charge in [0.2, 0.25) is 0 Å². The number of hydrazone groups is 1. The molecule has 2 aromatic carbocycles. The molecule has 0 aromatic heterocycles. The zero-order valence-electron chi connectivity index (χ0n) is 11.4. The Kier molecular flexibility index (Phi) is 5.68. The van der Waals surface area contributed by atoms with E-state index < -0.39 is 5.82 Å². The lowest BCUT2D eigenvalue weighted by Crippen LogP contribution is -2.24. The summed E-state index contributed by atoms with van der Waals surface area (Å²) >= 11 is 10.6. The van der Waals surface area contributed by atoms with E-state index in [0.717, 1.165) is 0 Å². The fraction of sp³-hybridized carbons (Fsp3) is 0.0667. The topological polar surface area (TPSA) is 59.6 Å². The summed E-state index contributed by atoms with van der Waals surface area (Å²) in [5.41, 5.74) is 8.73. The molecule has 22 heavy (non-hydrogen) atoms. The maximum Gasteiger partial charge on any atom is 0.184 e. The number of para-hydroxylation sites is 1. The van der Waals surface area contributed by atoms with Crippen molar-refractivity contribution < 1.29 is 9.13 Å². The molecule has 0 spiro atoms. The number of nitrogens with zero attached hydrogens (tertiary/aromatic N) is 1. The van der Waals surface area contributed by atoms with Crippen molar-refractivity contribution >= 4 is 35.1 Å². The molecule has 2 aromatic rings. The van der Waals surface area contributed by atoms with Gasteiger partial charge in [-0.15, -0.1) is 0 Å². The summed E-state index contributed by atoms with van der Waals surface area (Å²) in [6.07, 6.45) is 1.51. The molecule has 0 unspecified atom stereocenters. The van der Waals surface area contributed by atoms with Gasteiger partial charge in [0, 0.05) is 11.1 Å². The van der Waals surface area contributed by atoms with Crippen molar-refractivity contribution in [3.8, 4) is 5.75 Å². The van der Waals surface area contributed by atoms with E-state index >= 15 is 0 Å². The van der Waals surface area contributed by atoms with Crippen LogP contribution in [-0.4, -0.2) is 11.3 Å². The minimum Gasteiger partial charge on any atom is -0.488 e. The molecular formula is C15H13ClFN3OS. The number of halogens is 2. The van der Waals surface area contributed by atoms with Crippen LogP contribution in [0.4, 0.5) is 4.39 Å². The van der Waals surface area contributed by atoms with Crippen LogP contribution in [-0.2, 0) is 6.61 Å². The SMILES string of the molecule is NC(=S)NN=Cc1ccccc1OCc1c(F)cccc1Cl. The highest BCUT2D eigenvalue weighted by Gasteiger charge is 2.08. The van der Waals surface area contributed by atoms with E-state index in [1.54, 1.807) is 30.3 Å². The van der Waals surface area contributed by atoms with Gasteiger partial charge < -0.3 is 10.5 Å². The first-order valence-electron chi connectivity index (χ1n) is 6.31. The molecule has 114 valence electrons. The molecule has 4 nitrogen and oxygen atoms in total. The molecule has 0 aliphatic carbocycles. The van der Waals surface area contributed by atoms with Crippen molar-refractivity contribution in [1.82, 2.24) is 5.43 Å². The maximum atomic E-state index is 13.7. The molecule has 0 amide bonds. The van der Waals surface area contributed by atoms with Crippen LogP contribution in [0.15, 0.2) is 47.6 Å². The number of rotatable bonds is 5. The fourth-order valence-corrected chi connectivity index (χ4v) is 1.97. The predicted octanol–water partition coefficient (Wildman–Crippen LogP) is 3.23. The quantitative estimate of drug-likeness (QED) is 0.499. The van der Waals surface area contributed by atoms with Crippen molar-refractivity contribution in [3.63, 3.8) is 0 Å². The third-order valence-electron chi connectivity index (χ3n) is 2.73. The lowest BCUT2D eigenvalue weighted by atomic mass is 10.2. The summed E-state index contributed by atoms with van der Waals surface area (Å²) in [7, 11) is 0. The van der Waals surface area contributed by atoms with Gasteiger partial charge in [0.25, 0.3) is 0 Å². The summed E-state index contributed by atoms with van der Waals surface area (Å²) in [6.45, 7) is 0.0130. The number of hydrogen-bond donors (Lipinski definition) is 2. The molecule has 0 saturated heterocycles. The highest BCUT2D eigenvalue weighted by molar-refractivity contribution is 7.80. The average molecular weight is 338 g/mol. The Bertz CT molecular complexity index is 689. The first-order valence-corrected chi connectivity index (χ1v) is 7.10. The molecule has 0 bridgehead atoms. The normalized spacial score (nSPS) is 10.6. The second-order valence-electron chi connectivity index (χ2n) is 4.26. The van der Waals surface area contributed by atoms with E-state index in [0.29, 0.717) is 21.9 Å². The molecule has 0 aliphatic rings. The maximum absolute atomic E-state index is 13.7. The third kappa shape index (κ3) is 4.41. The Morgan fingerprint density at radius 3 is 2.82 bits per heavy atom. The molecular weight excluding hydrogens is 325 g/mol. The second-order valence-corrected chi connectivity index (χ2v) is 5.11. The number of ether oxygens (including phenoxy) is 1. The van der Waals surface area contributed by atoms with Crippen LogP contribution in [0.5, 0.6) is 5.75 Å². The molecule has 7 heteroatoms. The van der Waals surface area contributed by atoms with Crippen LogP contribution in [0.25, 0.3) is 0 Å². The van der Waals surface area contributed by atoms with Gasteiger partial charge in [-0.2, -0.15) is 5.10 Å². The van der Waals surface area contributed by atoms with E-state index in [-0.39, 0.29) is 11.7 Å². The van der Waals surface area contributed by atoms with Gasteiger partial charge in [0.05, 0.1) is 11.2 Å². The average Bonchev–Trinajstić information content (AvgIpc) is 2.48. The zero-order valence-corrected chi connectivity index (χ0v) is 13.0. The highest BCUT2D eigenvalue weighted by atomic mass is 35.5. The Balaban J connectivity index is 2.13. The van der Waals surface area contributed by atoms with Crippen molar-refractivity contribution in [2.45, 2.75) is 6.61 Å². The largest absolute Gasteiger partial charge is 0.488 e. The van der Waals surface area contributed by atoms with Gasteiger partial charge in [0.15, 0.2) is 5.11 Å². The standard InChI is InChI=1S/C15H13ClFN3OS/c16-12-5-3-6-13(17)11(12)9-21-14-7-2-1-4-10(14)8-19-20-15(18)22/h1-8H,9H2,(H3,18,20,22). The Hall–Kier alpha value is -2.18. The molecule has 0 atom stereocenters. The van der Waals surface area contributed by atoms with Crippen LogP contribution in [0.3, 0.4) is 0 Å². The molecule has 3 N–H and O–H groups in total. The summed E-state index contributed by atoms with van der Waals surface area (Å²) in [5, 5.41) is 4.25. The van der Waals surface area contributed by atoms with Gasteiger partial charge >= 0.3 is 0 Å². The van der Waals surface area contributed by atoms with Crippen molar-refractivity contribution in [2.24, 2.45) is 10.8 Å². The number of thiocarbonyl (C=S) groups is 1. The summed E-state index contributed by atoms with van der Waals surface area (Å²) in [5.74, 6) is 0.129. The Morgan fingerprint density at radius 2 is 2.09 bits per heavy atom. The molecule has 0 fully saturated rings. The minimum atomic E-state index is -0.409. The molecule has 0 heterocycles. The van der Waals surface area contributed by atoms with Crippen LogP contribution in [0.1, 0.15) is 11.1 Å². The van der Waals surface area contributed by atoms with Gasteiger partial charge in [-0.25, -0.2) is 4.39 Å². The first-order chi connectivity index (χ1) is 10.6. The molecule has 0 aliphatic heterocycles. The van der Waals surface area contributed by atoms with Crippen LogP contribution < -0.4 is 15.9 Å². The smallest absolute Gasteiger partial charge is 0.184 e. The van der Waals surface area contributed by atoms with E-state index in [4.69, 9.17) is 22.1 Å². The van der Waals surface area contributed by atoms with Crippen molar-refractivity contribution in [2.75, 3.05) is 0 Å². The van der Waals surface area contributed by atoms with Gasteiger partial charge in [-0.1, -0.05) is 29.8 Å². The molecule has 0 saturated carbocycles. The predicted molar refractivity (Wildman–Crippen MR) is 89.7 cm³/mol. The van der Waals surface area contributed by atoms with Crippen LogP contribution in [0, 0.1) is 5.82 Å². The number of hydrogen-bond acceptors (Lipinski definition) is 3. The summed E-state index contributed by atoms with van der Waals surface area (Å²) in [4.78, 5) is 0. The third-order valence-corrected chi connectivity index (χ3v) is 3.18. The zero-order chi connectivity index (χ0) is 15.9. The fourth-order valence-electron chi connectivity index (χ4n) is 1.70. The van der Waals surface area contributed by atoms with Gasteiger partial charge in [-0.3, -0.25) is 5.43 Å². The first kappa shape index (κ1) is 16.2. The van der Waals surface area contributed by atoms with Crippen LogP contribution >= 0.6 is 23.8 Å². The summed E-state index contributed by atoms with van der Waals surface area (Å²) < 4.78 is 19.4. The van der Waals surface area contributed by atoms with E-state index in [9.17, 15) is 4.39 Å². The van der Waals surface area contributed by atoms with E-state index in [1.165, 1.54) is 12.3 Å². The van der Waals surface area contributed by atoms with Gasteiger partial charge in [0.1, 0.15) is 18.2 Å². The monoisotopic (exact) mass is 337 g/mol. The van der Waals surface area contributed by atoms with Crippen LogP contribution in [0.2, 0.25) is 5.02 Å². The van der Waals surface area contributed by atoms with Crippen molar-refractivity contribution in [3.05, 3.63) is 64.4 Å². The Labute approximate surface area is 137 Å². The number of nitrogens with one attached hydrogen (secondary N) is 1. The highest BCUT2D eigenvalue weighted by Crippen LogP contribution is 2.23. The van der Waals surface area contributed by atoms with E-state index in [1.807, 2.05) is 6.07 Å². The van der Waals surface area contributed by atoms with Crippen molar-refractivity contribution in [1.29, 1.82) is 0 Å².